The van der Waals surface area contributed by atoms with E-state index in [1.807, 2.05) is 11.8 Å². The van der Waals surface area contributed by atoms with Crippen LogP contribution in [-0.4, -0.2) is 11.5 Å². The van der Waals surface area contributed by atoms with Gasteiger partial charge in [0.25, 0.3) is 0 Å². The predicted molar refractivity (Wildman–Crippen MR) is 69.5 cm³/mol. The van der Waals surface area contributed by atoms with Crippen LogP contribution in [0.4, 0.5) is 0 Å². The summed E-state index contributed by atoms with van der Waals surface area (Å²) in [6, 6.07) is 8.57. The van der Waals surface area contributed by atoms with E-state index in [9.17, 15) is 0 Å². The highest BCUT2D eigenvalue weighted by Crippen LogP contribution is 2.25. The maximum atomic E-state index is 4.35. The Kier molecular flexibility index (Phi) is 5.49. The number of hydrogen-bond donors (Lipinski definition) is 1. The van der Waals surface area contributed by atoms with E-state index in [1.165, 1.54) is 22.6 Å². The van der Waals surface area contributed by atoms with E-state index in [2.05, 4.69) is 50.7 Å². The van der Waals surface area contributed by atoms with Crippen molar-refractivity contribution in [3.05, 3.63) is 29.8 Å². The molecule has 14 heavy (non-hydrogen) atoms. The van der Waals surface area contributed by atoms with Gasteiger partial charge in [0.05, 0.1) is 0 Å². The predicted octanol–water partition coefficient (Wildman–Crippen LogP) is 4.04. The van der Waals surface area contributed by atoms with Crippen molar-refractivity contribution in [2.75, 3.05) is 11.5 Å². The number of hydrogen-bond acceptors (Lipinski definition) is 2. The van der Waals surface area contributed by atoms with Gasteiger partial charge in [-0.15, -0.1) is 11.8 Å². The van der Waals surface area contributed by atoms with Crippen LogP contribution in [0.25, 0.3) is 0 Å². The number of rotatable bonds is 5. The molecule has 0 bridgehead atoms. The quantitative estimate of drug-likeness (QED) is 0.584. The summed E-state index contributed by atoms with van der Waals surface area (Å²) >= 11 is 6.31. The average Bonchev–Trinajstić information content (AvgIpc) is 2.22. The van der Waals surface area contributed by atoms with Crippen LogP contribution < -0.4 is 0 Å². The molecule has 1 aromatic carbocycles. The molecule has 78 valence electrons. The van der Waals surface area contributed by atoms with Gasteiger partial charge in [-0.05, 0) is 30.2 Å². The van der Waals surface area contributed by atoms with E-state index >= 15 is 0 Å². The number of thioether (sulfide) groups is 1. The van der Waals surface area contributed by atoms with Crippen LogP contribution in [0.1, 0.15) is 18.9 Å². The van der Waals surface area contributed by atoms with Gasteiger partial charge in [0.15, 0.2) is 0 Å². The van der Waals surface area contributed by atoms with Crippen molar-refractivity contribution < 1.29 is 0 Å². The fourth-order valence-electron chi connectivity index (χ4n) is 1.23. The first kappa shape index (κ1) is 12.0. The van der Waals surface area contributed by atoms with Crippen LogP contribution in [0.2, 0.25) is 0 Å². The zero-order valence-corrected chi connectivity index (χ0v) is 10.6. The minimum absolute atomic E-state index is 0.739. The fraction of sp³-hybridized carbons (Fsp3) is 0.500. The second-order valence-corrected chi connectivity index (χ2v) is 4.96. The van der Waals surface area contributed by atoms with Crippen molar-refractivity contribution in [1.29, 1.82) is 0 Å². The van der Waals surface area contributed by atoms with Gasteiger partial charge >= 0.3 is 0 Å². The number of thiol groups is 1. The molecule has 1 aromatic rings. The first-order valence-electron chi connectivity index (χ1n) is 5.07. The van der Waals surface area contributed by atoms with Crippen LogP contribution in [-0.2, 0) is 0 Å². The molecular weight excluding hydrogens is 208 g/mol. The normalized spacial score (nSPS) is 12.8. The van der Waals surface area contributed by atoms with Crippen LogP contribution in [0.15, 0.2) is 29.2 Å². The van der Waals surface area contributed by atoms with Crippen molar-refractivity contribution in [2.24, 2.45) is 5.92 Å². The summed E-state index contributed by atoms with van der Waals surface area (Å²) in [7, 11) is 0. The lowest BCUT2D eigenvalue weighted by molar-refractivity contribution is 0.649. The molecule has 1 atom stereocenters. The smallest absolute Gasteiger partial charge is 0.0101 e. The second kappa shape index (κ2) is 6.41. The van der Waals surface area contributed by atoms with Gasteiger partial charge < -0.3 is 0 Å². The zero-order chi connectivity index (χ0) is 10.4. The summed E-state index contributed by atoms with van der Waals surface area (Å²) in [6.45, 7) is 4.41. The van der Waals surface area contributed by atoms with Gasteiger partial charge in [0, 0.05) is 10.6 Å². The maximum absolute atomic E-state index is 4.35. The molecule has 1 rings (SSSR count). The van der Waals surface area contributed by atoms with Crippen molar-refractivity contribution in [2.45, 2.75) is 25.2 Å². The molecule has 0 radical (unpaired) electrons. The summed E-state index contributed by atoms with van der Waals surface area (Å²) in [5, 5.41) is 0. The second-order valence-electron chi connectivity index (χ2n) is 3.53. The molecule has 0 saturated heterocycles. The Morgan fingerprint density at radius 2 is 2.07 bits per heavy atom. The molecule has 0 saturated carbocycles. The van der Waals surface area contributed by atoms with Gasteiger partial charge in [-0.3, -0.25) is 0 Å². The lowest BCUT2D eigenvalue weighted by atomic mass is 10.2. The minimum atomic E-state index is 0.739. The molecule has 0 nitrogen and oxygen atoms in total. The molecule has 0 fully saturated rings. The van der Waals surface area contributed by atoms with E-state index < -0.39 is 0 Å². The maximum Gasteiger partial charge on any atom is 0.0101 e. The van der Waals surface area contributed by atoms with Crippen LogP contribution in [0.5, 0.6) is 0 Å². The molecule has 0 aromatic heterocycles. The van der Waals surface area contributed by atoms with Crippen LogP contribution in [0.3, 0.4) is 0 Å². The summed E-state index contributed by atoms with van der Waals surface area (Å²) in [4.78, 5) is 1.41. The van der Waals surface area contributed by atoms with Crippen LogP contribution in [0, 0.1) is 12.8 Å². The molecule has 0 N–H and O–H groups in total. The molecule has 0 spiro atoms. The molecule has 2 heteroatoms. The van der Waals surface area contributed by atoms with Gasteiger partial charge in [-0.1, -0.05) is 31.5 Å². The first-order chi connectivity index (χ1) is 6.77. The Morgan fingerprint density at radius 1 is 1.36 bits per heavy atom. The summed E-state index contributed by atoms with van der Waals surface area (Å²) in [5.74, 6) is 2.92. The SMILES string of the molecule is CCC(CS)CSc1ccccc1C. The lowest BCUT2D eigenvalue weighted by Crippen LogP contribution is -2.03. The lowest BCUT2D eigenvalue weighted by Gasteiger charge is -2.11. The highest BCUT2D eigenvalue weighted by molar-refractivity contribution is 7.99. The third-order valence-corrected chi connectivity index (χ3v) is 4.33. The van der Waals surface area contributed by atoms with Crippen molar-refractivity contribution in [1.82, 2.24) is 0 Å². The average molecular weight is 226 g/mol. The topological polar surface area (TPSA) is 0 Å². The Hall–Kier alpha value is -0.0800. The number of benzene rings is 1. The Balaban J connectivity index is 2.49. The first-order valence-corrected chi connectivity index (χ1v) is 6.69. The Bertz CT molecular complexity index is 267. The Labute approximate surface area is 96.9 Å². The molecular formula is C12H18S2. The highest BCUT2D eigenvalue weighted by atomic mass is 32.2. The zero-order valence-electron chi connectivity index (χ0n) is 8.86. The molecule has 0 aliphatic carbocycles. The van der Waals surface area contributed by atoms with Crippen molar-refractivity contribution in [3.8, 4) is 0 Å². The van der Waals surface area contributed by atoms with Gasteiger partial charge in [-0.25, -0.2) is 0 Å². The van der Waals surface area contributed by atoms with E-state index in [0.717, 1.165) is 11.7 Å². The molecule has 0 amide bonds. The van der Waals surface area contributed by atoms with Crippen LogP contribution >= 0.6 is 24.4 Å². The molecule has 0 aliphatic rings. The molecule has 0 aliphatic heterocycles. The summed E-state index contributed by atoms with van der Waals surface area (Å²) in [5.41, 5.74) is 1.38. The molecule has 1 unspecified atom stereocenters. The summed E-state index contributed by atoms with van der Waals surface area (Å²) in [6.07, 6.45) is 1.22. The highest BCUT2D eigenvalue weighted by Gasteiger charge is 2.05. The fourth-order valence-corrected chi connectivity index (χ4v) is 3.03. The largest absolute Gasteiger partial charge is 0.179 e. The third kappa shape index (κ3) is 3.58. The number of aryl methyl sites for hydroxylation is 1. The van der Waals surface area contributed by atoms with Crippen molar-refractivity contribution >= 4 is 24.4 Å². The minimum Gasteiger partial charge on any atom is -0.179 e. The van der Waals surface area contributed by atoms with E-state index in [-0.39, 0.29) is 0 Å². The van der Waals surface area contributed by atoms with Gasteiger partial charge in [0.1, 0.15) is 0 Å². The van der Waals surface area contributed by atoms with E-state index in [4.69, 9.17) is 0 Å². The van der Waals surface area contributed by atoms with E-state index in [0.29, 0.717) is 0 Å². The molecule has 0 heterocycles. The van der Waals surface area contributed by atoms with Gasteiger partial charge in [0.2, 0.25) is 0 Å². The monoisotopic (exact) mass is 226 g/mol. The summed E-state index contributed by atoms with van der Waals surface area (Å²) < 4.78 is 0. The third-order valence-electron chi connectivity index (χ3n) is 2.40. The standard InChI is InChI=1S/C12H18S2/c1-3-11(8-13)9-14-12-7-5-4-6-10(12)2/h4-7,11,13H,3,8-9H2,1-2H3. The van der Waals surface area contributed by atoms with E-state index in [1.54, 1.807) is 0 Å². The van der Waals surface area contributed by atoms with Gasteiger partial charge in [-0.2, -0.15) is 12.6 Å². The van der Waals surface area contributed by atoms with Crippen molar-refractivity contribution in [3.63, 3.8) is 0 Å². The Morgan fingerprint density at radius 3 is 2.64 bits per heavy atom.